The van der Waals surface area contributed by atoms with Crippen molar-refractivity contribution in [2.24, 2.45) is 0 Å². The summed E-state index contributed by atoms with van der Waals surface area (Å²) in [4.78, 5) is 62.1. The van der Waals surface area contributed by atoms with Gasteiger partial charge in [0, 0.05) is 31.6 Å². The van der Waals surface area contributed by atoms with E-state index in [4.69, 9.17) is 18.9 Å². The van der Waals surface area contributed by atoms with Crippen molar-refractivity contribution >= 4 is 49.4 Å². The number of esters is 3. The van der Waals surface area contributed by atoms with E-state index in [2.05, 4.69) is 0 Å². The molecule has 17 heteroatoms. The summed E-state index contributed by atoms with van der Waals surface area (Å²) in [7, 11) is -6.82. The lowest BCUT2D eigenvalue weighted by Crippen LogP contribution is -2.66. The molecule has 1 saturated heterocycles. The zero-order valence-corrected chi connectivity index (χ0v) is 21.4. The van der Waals surface area contributed by atoms with Gasteiger partial charge in [-0.25, -0.2) is 8.42 Å². The zero-order chi connectivity index (χ0) is 28.6. The first kappa shape index (κ1) is 29.4. The summed E-state index contributed by atoms with van der Waals surface area (Å²) in [6.07, 6.45) is -5.33. The van der Waals surface area contributed by atoms with E-state index in [1.54, 1.807) is 0 Å². The topological polar surface area (TPSA) is 160 Å². The number of fused-ring (bicyclic) bond motifs is 1. The number of benzene rings is 1. The van der Waals surface area contributed by atoms with Gasteiger partial charge in [-0.05, 0) is 12.1 Å². The molecule has 0 bridgehead atoms. The molecular formula is C21H20F3NO11S2. The molecule has 2 heterocycles. The van der Waals surface area contributed by atoms with E-state index >= 15 is 0 Å². The second-order valence-corrected chi connectivity index (χ2v) is 11.9. The number of imide groups is 1. The Morgan fingerprint density at radius 3 is 1.89 bits per heavy atom. The average Bonchev–Trinajstić information content (AvgIpc) is 3.03. The predicted octanol–water partition coefficient (Wildman–Crippen LogP) is 1.39. The first-order valence-electron chi connectivity index (χ1n) is 10.6. The number of carbonyl (C=O) groups is 5. The minimum atomic E-state index is -6.02. The van der Waals surface area contributed by atoms with Gasteiger partial charge < -0.3 is 18.9 Å². The Kier molecular flexibility index (Phi) is 8.42. The molecular weight excluding hydrogens is 563 g/mol. The van der Waals surface area contributed by atoms with E-state index in [0.717, 1.165) is 20.8 Å². The molecule has 3 rings (SSSR count). The van der Waals surface area contributed by atoms with Crippen molar-refractivity contribution in [2.75, 3.05) is 6.61 Å². The highest BCUT2D eigenvalue weighted by molar-refractivity contribution is 8.72. The number of nitrogens with zero attached hydrogens (tertiary/aromatic N) is 1. The fraction of sp³-hybridized carbons (Fsp3) is 0.476. The van der Waals surface area contributed by atoms with Gasteiger partial charge in [-0.3, -0.25) is 28.9 Å². The Balaban J connectivity index is 2.19. The van der Waals surface area contributed by atoms with Crippen LogP contribution in [0.25, 0.3) is 0 Å². The molecule has 0 unspecified atom stereocenters. The third-order valence-corrected chi connectivity index (χ3v) is 8.59. The quantitative estimate of drug-likeness (QED) is 0.197. The number of hydrogen-bond donors (Lipinski definition) is 0. The molecule has 2 aliphatic rings. The van der Waals surface area contributed by atoms with Crippen molar-refractivity contribution in [1.82, 2.24) is 4.90 Å². The van der Waals surface area contributed by atoms with Crippen molar-refractivity contribution in [3.05, 3.63) is 35.4 Å². The lowest BCUT2D eigenvalue weighted by atomic mass is 9.96. The minimum absolute atomic E-state index is 0.160. The summed E-state index contributed by atoms with van der Waals surface area (Å²) >= 11 is 0. The summed E-state index contributed by atoms with van der Waals surface area (Å²) in [5.74, 6) is -5.06. The van der Waals surface area contributed by atoms with Gasteiger partial charge in [0.25, 0.3) is 11.8 Å². The van der Waals surface area contributed by atoms with Crippen LogP contribution in [0.4, 0.5) is 13.2 Å². The molecule has 0 radical (unpaired) electrons. The summed E-state index contributed by atoms with van der Waals surface area (Å²) < 4.78 is 84.9. The molecule has 0 aliphatic carbocycles. The minimum Gasteiger partial charge on any atom is -0.463 e. The van der Waals surface area contributed by atoms with Crippen LogP contribution >= 0.6 is 10.8 Å². The van der Waals surface area contributed by atoms with E-state index in [-0.39, 0.29) is 11.1 Å². The standard InChI is InChI=1S/C21H20F3NO11S2/c1-9(26)33-8-14-16(34-10(2)27)17(35-11(3)28)15(20(36-14)37-38(31,32)21(22,23)24)25-18(29)12-6-4-5-7-13(12)19(25)30/h4-7,14-17,20H,8H2,1-3H3/t14-,15-,16-,17-,20+/m1/s1. The number of amides is 2. The smallest absolute Gasteiger partial charge is 0.463 e. The lowest BCUT2D eigenvalue weighted by molar-refractivity contribution is -0.216. The molecule has 2 aliphatic heterocycles. The highest BCUT2D eigenvalue weighted by Gasteiger charge is 2.60. The summed E-state index contributed by atoms with van der Waals surface area (Å²) in [5.41, 5.74) is -8.34. The van der Waals surface area contributed by atoms with Gasteiger partial charge >= 0.3 is 32.3 Å². The van der Waals surface area contributed by atoms with E-state index < -0.39 is 91.3 Å². The number of halogens is 3. The second-order valence-electron chi connectivity index (χ2n) is 8.01. The molecule has 2 amide bonds. The Labute approximate surface area is 217 Å². The summed E-state index contributed by atoms with van der Waals surface area (Å²) in [6, 6.07) is 3.28. The maximum Gasteiger partial charge on any atom is 0.507 e. The first-order chi connectivity index (χ1) is 17.5. The van der Waals surface area contributed by atoms with Crippen LogP contribution in [-0.4, -0.2) is 84.9 Å². The van der Waals surface area contributed by atoms with Crippen LogP contribution < -0.4 is 0 Å². The molecule has 0 aromatic heterocycles. The molecule has 1 fully saturated rings. The van der Waals surface area contributed by atoms with Crippen LogP contribution in [0.2, 0.25) is 0 Å². The SMILES string of the molecule is CC(=O)OC[C@H]1O[C@@H](SS(=O)(=O)C(F)(F)F)[C@H](N2C(=O)c3ccccc3C2=O)[C@@H](OC(C)=O)[C@@H]1OC(C)=O. The van der Waals surface area contributed by atoms with Crippen LogP contribution in [0.3, 0.4) is 0 Å². The fourth-order valence-corrected chi connectivity index (χ4v) is 6.39. The third-order valence-electron chi connectivity index (χ3n) is 5.30. The van der Waals surface area contributed by atoms with E-state index in [1.165, 1.54) is 24.3 Å². The molecule has 0 saturated carbocycles. The van der Waals surface area contributed by atoms with Gasteiger partial charge in [0.05, 0.1) is 11.1 Å². The average molecular weight is 584 g/mol. The van der Waals surface area contributed by atoms with Gasteiger partial charge in [-0.15, -0.1) is 0 Å². The maximum absolute atomic E-state index is 13.3. The molecule has 12 nitrogen and oxygen atoms in total. The van der Waals surface area contributed by atoms with Crippen LogP contribution in [-0.2, 0) is 42.2 Å². The summed E-state index contributed by atoms with van der Waals surface area (Å²) in [5, 5.41) is 0. The number of rotatable bonds is 7. The number of hydrogen-bond acceptors (Lipinski definition) is 12. The molecule has 208 valence electrons. The van der Waals surface area contributed by atoms with Gasteiger partial charge in [0.1, 0.15) is 24.2 Å². The van der Waals surface area contributed by atoms with Crippen LogP contribution in [0.5, 0.6) is 0 Å². The lowest BCUT2D eigenvalue weighted by Gasteiger charge is -2.46. The molecule has 38 heavy (non-hydrogen) atoms. The number of ether oxygens (including phenoxy) is 4. The van der Waals surface area contributed by atoms with Crippen molar-refractivity contribution in [2.45, 2.75) is 56.1 Å². The van der Waals surface area contributed by atoms with Gasteiger partial charge in [-0.2, -0.15) is 13.2 Å². The summed E-state index contributed by atoms with van der Waals surface area (Å²) in [6.45, 7) is 2.02. The molecule has 0 N–H and O–H groups in total. The van der Waals surface area contributed by atoms with Crippen molar-refractivity contribution in [3.8, 4) is 0 Å². The molecule has 1 aromatic carbocycles. The van der Waals surface area contributed by atoms with Crippen molar-refractivity contribution in [1.29, 1.82) is 0 Å². The monoisotopic (exact) mass is 583 g/mol. The van der Waals surface area contributed by atoms with Crippen LogP contribution in [0, 0.1) is 0 Å². The fourth-order valence-electron chi connectivity index (χ4n) is 3.89. The van der Waals surface area contributed by atoms with Gasteiger partial charge in [0.15, 0.2) is 12.2 Å². The second kappa shape index (κ2) is 10.9. The molecule has 5 atom stereocenters. The molecule has 0 spiro atoms. The Hall–Kier alpha value is -3.18. The van der Waals surface area contributed by atoms with Gasteiger partial charge in [-0.1, -0.05) is 12.1 Å². The van der Waals surface area contributed by atoms with Crippen LogP contribution in [0.15, 0.2) is 24.3 Å². The number of alkyl halides is 3. The first-order valence-corrected chi connectivity index (χ1v) is 13.5. The Morgan fingerprint density at radius 2 is 1.45 bits per heavy atom. The van der Waals surface area contributed by atoms with E-state index in [9.17, 15) is 45.6 Å². The van der Waals surface area contributed by atoms with E-state index in [0.29, 0.717) is 4.90 Å². The maximum atomic E-state index is 13.3. The van der Waals surface area contributed by atoms with Crippen LogP contribution in [0.1, 0.15) is 41.5 Å². The normalized spacial score (nSPS) is 25.5. The van der Waals surface area contributed by atoms with Crippen molar-refractivity contribution in [3.63, 3.8) is 0 Å². The predicted molar refractivity (Wildman–Crippen MR) is 120 cm³/mol. The number of carbonyl (C=O) groups excluding carboxylic acids is 5. The Bertz CT molecular complexity index is 1230. The Morgan fingerprint density at radius 1 is 0.947 bits per heavy atom. The largest absolute Gasteiger partial charge is 0.507 e. The van der Waals surface area contributed by atoms with Crippen molar-refractivity contribution < 1.29 is 64.5 Å². The highest BCUT2D eigenvalue weighted by Crippen LogP contribution is 2.43. The zero-order valence-electron chi connectivity index (χ0n) is 19.8. The highest BCUT2D eigenvalue weighted by atomic mass is 33.1. The third kappa shape index (κ3) is 5.94. The van der Waals surface area contributed by atoms with Gasteiger partial charge in [0.2, 0.25) is 0 Å². The van der Waals surface area contributed by atoms with E-state index in [1.807, 2.05) is 0 Å². The molecule has 1 aromatic rings.